The molecule has 0 bridgehead atoms. The largest absolute Gasteiger partial charge is 0.492 e. The smallest absolute Gasteiger partial charge is 0.417 e. The van der Waals surface area contributed by atoms with Crippen LogP contribution in [0.1, 0.15) is 11.1 Å². The maximum absolute atomic E-state index is 12.5. The van der Waals surface area contributed by atoms with Crippen molar-refractivity contribution in [2.75, 3.05) is 13.2 Å². The van der Waals surface area contributed by atoms with Crippen LogP contribution in [0.4, 0.5) is 13.2 Å². The van der Waals surface area contributed by atoms with Gasteiger partial charge in [-0.3, -0.25) is 0 Å². The minimum atomic E-state index is -4.45. The molecule has 0 heterocycles. The second-order valence-electron chi connectivity index (χ2n) is 3.23. The van der Waals surface area contributed by atoms with Gasteiger partial charge in [0.25, 0.3) is 0 Å². The van der Waals surface area contributed by atoms with Crippen LogP contribution in [0.2, 0.25) is 5.02 Å². The van der Waals surface area contributed by atoms with E-state index < -0.39 is 11.7 Å². The Morgan fingerprint density at radius 3 is 2.50 bits per heavy atom. The first kappa shape index (κ1) is 13.1. The number of alkyl halides is 3. The summed E-state index contributed by atoms with van der Waals surface area (Å²) >= 11 is 5.53. The van der Waals surface area contributed by atoms with Crippen molar-refractivity contribution in [3.8, 4) is 5.75 Å². The fourth-order valence-electron chi connectivity index (χ4n) is 1.20. The van der Waals surface area contributed by atoms with Crippen LogP contribution >= 0.6 is 11.6 Å². The number of aryl methyl sites for hydroxylation is 1. The van der Waals surface area contributed by atoms with Crippen molar-refractivity contribution in [3.05, 3.63) is 28.3 Å². The van der Waals surface area contributed by atoms with E-state index in [0.717, 1.165) is 12.1 Å². The molecule has 16 heavy (non-hydrogen) atoms. The second-order valence-corrected chi connectivity index (χ2v) is 3.64. The number of hydrogen-bond acceptors (Lipinski definition) is 2. The Hall–Kier alpha value is -0.940. The summed E-state index contributed by atoms with van der Waals surface area (Å²) in [5, 5.41) is -0.370. The highest BCUT2D eigenvalue weighted by Crippen LogP contribution is 2.38. The topological polar surface area (TPSA) is 35.2 Å². The summed E-state index contributed by atoms with van der Waals surface area (Å²) in [6, 6.07) is 2.13. The van der Waals surface area contributed by atoms with Crippen molar-refractivity contribution in [2.45, 2.75) is 13.1 Å². The first-order valence-electron chi connectivity index (χ1n) is 4.56. The van der Waals surface area contributed by atoms with E-state index in [1.807, 2.05) is 0 Å². The number of hydrogen-bond donors (Lipinski definition) is 1. The van der Waals surface area contributed by atoms with Gasteiger partial charge in [-0.25, -0.2) is 0 Å². The third-order valence-electron chi connectivity index (χ3n) is 1.95. The monoisotopic (exact) mass is 253 g/mol. The van der Waals surface area contributed by atoms with E-state index >= 15 is 0 Å². The molecule has 6 heteroatoms. The van der Waals surface area contributed by atoms with Crippen molar-refractivity contribution in [2.24, 2.45) is 5.73 Å². The molecule has 0 radical (unpaired) electrons. The zero-order chi connectivity index (χ0) is 12.3. The number of rotatable bonds is 3. The Morgan fingerprint density at radius 2 is 2.00 bits per heavy atom. The van der Waals surface area contributed by atoms with Crippen LogP contribution in [0.3, 0.4) is 0 Å². The lowest BCUT2D eigenvalue weighted by molar-refractivity contribution is -0.137. The SMILES string of the molecule is Cc1cc(C(F)(F)F)c(Cl)cc1OCCN. The van der Waals surface area contributed by atoms with Gasteiger partial charge >= 0.3 is 6.18 Å². The molecule has 0 atom stereocenters. The normalized spacial score (nSPS) is 11.6. The summed E-state index contributed by atoms with van der Waals surface area (Å²) in [7, 11) is 0. The number of nitrogens with two attached hydrogens (primary N) is 1. The van der Waals surface area contributed by atoms with Crippen LogP contribution in [0.25, 0.3) is 0 Å². The van der Waals surface area contributed by atoms with Gasteiger partial charge in [0.15, 0.2) is 0 Å². The summed E-state index contributed by atoms with van der Waals surface area (Å²) in [4.78, 5) is 0. The lowest BCUT2D eigenvalue weighted by atomic mass is 10.1. The number of ether oxygens (including phenoxy) is 1. The first-order chi connectivity index (χ1) is 7.36. The number of benzene rings is 1. The maximum Gasteiger partial charge on any atom is 0.417 e. The Balaban J connectivity index is 3.07. The van der Waals surface area contributed by atoms with E-state index in [1.54, 1.807) is 0 Å². The summed E-state index contributed by atoms with van der Waals surface area (Å²) in [6.45, 7) is 2.05. The third kappa shape index (κ3) is 3.02. The van der Waals surface area contributed by atoms with Gasteiger partial charge in [0.2, 0.25) is 0 Å². The van der Waals surface area contributed by atoms with E-state index in [1.165, 1.54) is 6.92 Å². The fourth-order valence-corrected chi connectivity index (χ4v) is 1.47. The molecule has 1 aromatic carbocycles. The van der Waals surface area contributed by atoms with E-state index in [0.29, 0.717) is 11.3 Å². The predicted octanol–water partition coefficient (Wildman–Crippen LogP) is 3.00. The van der Waals surface area contributed by atoms with Crippen molar-refractivity contribution >= 4 is 11.6 Å². The summed E-state index contributed by atoms with van der Waals surface area (Å²) in [6.07, 6.45) is -4.45. The highest BCUT2D eigenvalue weighted by Gasteiger charge is 2.33. The van der Waals surface area contributed by atoms with Crippen LogP contribution in [0.15, 0.2) is 12.1 Å². The molecule has 0 fully saturated rings. The van der Waals surface area contributed by atoms with Crippen LogP contribution in [-0.2, 0) is 6.18 Å². The Bertz CT molecular complexity index is 379. The van der Waals surface area contributed by atoms with E-state index in [9.17, 15) is 13.2 Å². The van der Waals surface area contributed by atoms with Crippen molar-refractivity contribution in [1.29, 1.82) is 0 Å². The van der Waals surface area contributed by atoms with Crippen molar-refractivity contribution in [1.82, 2.24) is 0 Å². The molecule has 0 aromatic heterocycles. The summed E-state index contributed by atoms with van der Waals surface area (Å²) in [5.74, 6) is 0.323. The maximum atomic E-state index is 12.5. The molecule has 2 nitrogen and oxygen atoms in total. The van der Waals surface area contributed by atoms with Crippen molar-refractivity contribution < 1.29 is 17.9 Å². The van der Waals surface area contributed by atoms with E-state index in [2.05, 4.69) is 0 Å². The molecule has 0 saturated carbocycles. The van der Waals surface area contributed by atoms with Gasteiger partial charge in [-0.05, 0) is 24.6 Å². The summed E-state index contributed by atoms with van der Waals surface area (Å²) in [5.41, 5.74) is 4.75. The molecule has 1 rings (SSSR count). The Labute approximate surface area is 96.1 Å². The zero-order valence-corrected chi connectivity index (χ0v) is 9.32. The Morgan fingerprint density at radius 1 is 1.38 bits per heavy atom. The lowest BCUT2D eigenvalue weighted by Gasteiger charge is -2.13. The van der Waals surface area contributed by atoms with Gasteiger partial charge in [-0.2, -0.15) is 13.2 Å². The van der Waals surface area contributed by atoms with Crippen molar-refractivity contribution in [3.63, 3.8) is 0 Å². The van der Waals surface area contributed by atoms with Gasteiger partial charge in [0.05, 0.1) is 10.6 Å². The van der Waals surface area contributed by atoms with Crippen LogP contribution in [-0.4, -0.2) is 13.2 Å². The summed E-state index contributed by atoms with van der Waals surface area (Å²) < 4.78 is 42.6. The van der Waals surface area contributed by atoms with Crippen LogP contribution in [0, 0.1) is 6.92 Å². The average molecular weight is 254 g/mol. The average Bonchev–Trinajstić information content (AvgIpc) is 2.17. The van der Waals surface area contributed by atoms with E-state index in [-0.39, 0.29) is 18.2 Å². The lowest BCUT2D eigenvalue weighted by Crippen LogP contribution is -2.12. The quantitative estimate of drug-likeness (QED) is 0.899. The van der Waals surface area contributed by atoms with Gasteiger partial charge in [0, 0.05) is 6.54 Å². The van der Waals surface area contributed by atoms with Gasteiger partial charge < -0.3 is 10.5 Å². The van der Waals surface area contributed by atoms with Gasteiger partial charge in [0.1, 0.15) is 12.4 Å². The van der Waals surface area contributed by atoms with Crippen LogP contribution in [0.5, 0.6) is 5.75 Å². The van der Waals surface area contributed by atoms with Gasteiger partial charge in [-0.15, -0.1) is 0 Å². The second kappa shape index (κ2) is 4.93. The molecule has 0 saturated heterocycles. The number of halogens is 4. The molecule has 0 aliphatic carbocycles. The molecule has 0 aliphatic heterocycles. The standard InChI is InChI=1S/C10H11ClF3NO/c1-6-4-7(10(12,13)14)8(11)5-9(6)16-3-2-15/h4-5H,2-3,15H2,1H3. The minimum Gasteiger partial charge on any atom is -0.492 e. The zero-order valence-electron chi connectivity index (χ0n) is 8.57. The third-order valence-corrected chi connectivity index (χ3v) is 2.26. The molecular weight excluding hydrogens is 243 g/mol. The molecular formula is C10H11ClF3NO. The minimum absolute atomic E-state index is 0.239. The Kier molecular flexibility index (Phi) is 4.04. The molecule has 0 unspecified atom stereocenters. The molecule has 0 spiro atoms. The van der Waals surface area contributed by atoms with Gasteiger partial charge in [-0.1, -0.05) is 11.6 Å². The highest BCUT2D eigenvalue weighted by molar-refractivity contribution is 6.31. The van der Waals surface area contributed by atoms with E-state index in [4.69, 9.17) is 22.1 Å². The highest BCUT2D eigenvalue weighted by atomic mass is 35.5. The predicted molar refractivity (Wildman–Crippen MR) is 55.7 cm³/mol. The molecule has 1 aromatic rings. The molecule has 0 aliphatic rings. The molecule has 0 amide bonds. The fraction of sp³-hybridized carbons (Fsp3) is 0.400. The molecule has 90 valence electrons. The first-order valence-corrected chi connectivity index (χ1v) is 4.94. The molecule has 2 N–H and O–H groups in total. The van der Waals surface area contributed by atoms with Crippen LogP contribution < -0.4 is 10.5 Å².